The Morgan fingerprint density at radius 1 is 0.197 bits per heavy atom. The minimum Gasteiger partial charge on any atom is -0.309 e. The van der Waals surface area contributed by atoms with E-state index in [0.717, 1.165) is 39.5 Å². The molecule has 0 aliphatic rings. The van der Waals surface area contributed by atoms with E-state index in [-0.39, 0.29) is 0 Å². The maximum atomic E-state index is 2.49. The molecule has 0 N–H and O–H groups in total. The van der Waals surface area contributed by atoms with Gasteiger partial charge in [-0.25, -0.2) is 0 Å². The van der Waals surface area contributed by atoms with Crippen LogP contribution in [-0.2, 0) is 0 Å². The van der Waals surface area contributed by atoms with Crippen LogP contribution in [0.2, 0.25) is 0 Å². The molecule has 4 nitrogen and oxygen atoms in total. The lowest BCUT2D eigenvalue weighted by atomic mass is 9.97. The first-order valence-corrected chi connectivity index (χ1v) is 22.7. The minimum atomic E-state index is 1.09. The first-order chi connectivity index (χ1) is 32.8. The quantitative estimate of drug-likeness (QED) is 0.159. The highest BCUT2D eigenvalue weighted by Gasteiger charge is 2.24. The number of para-hydroxylation sites is 7. The van der Waals surface area contributed by atoms with E-state index in [4.69, 9.17) is 0 Å². The molecule has 0 spiro atoms. The first kappa shape index (κ1) is 36.6. The van der Waals surface area contributed by atoms with Gasteiger partial charge in [-0.05, 0) is 90.5 Å². The summed E-state index contributed by atoms with van der Waals surface area (Å²) in [7, 11) is 0. The Hall–Kier alpha value is -8.86. The Kier molecular flexibility index (Phi) is 7.95. The summed E-state index contributed by atoms with van der Waals surface area (Å²) >= 11 is 0. The Morgan fingerprint density at radius 2 is 0.485 bits per heavy atom. The van der Waals surface area contributed by atoms with Crippen molar-refractivity contribution >= 4 is 76.3 Å². The summed E-state index contributed by atoms with van der Waals surface area (Å²) in [4.78, 5) is 0. The second kappa shape index (κ2) is 14.3. The molecule has 10 aromatic carbocycles. The standard InChI is InChI=1S/C62H40N4/c1-2-18-41(19-3-1)61-53-26-10-17-33-60(53)66(44-36-34-43(35-37-44)63-54-27-11-4-20-47(54)48-21-5-12-28-55(48)63)62(61)42-38-45(64-56-29-13-6-22-49(56)50-23-7-14-30-57(50)64)40-46(39-42)65-58-31-15-8-24-51(58)52-25-9-16-32-59(52)65/h1-40H. The van der Waals surface area contributed by atoms with Crippen LogP contribution in [0, 0.1) is 0 Å². The molecule has 0 unspecified atom stereocenters. The zero-order valence-electron chi connectivity index (χ0n) is 35.9. The van der Waals surface area contributed by atoms with E-state index in [2.05, 4.69) is 261 Å². The van der Waals surface area contributed by atoms with Crippen LogP contribution >= 0.6 is 0 Å². The van der Waals surface area contributed by atoms with Gasteiger partial charge in [0.05, 0.1) is 44.3 Å². The van der Waals surface area contributed by atoms with E-state index < -0.39 is 0 Å². The lowest BCUT2D eigenvalue weighted by molar-refractivity contribution is 1.10. The maximum Gasteiger partial charge on any atom is 0.0621 e. The number of benzene rings is 10. The van der Waals surface area contributed by atoms with Crippen molar-refractivity contribution in [2.75, 3.05) is 0 Å². The highest BCUT2D eigenvalue weighted by atomic mass is 15.0. The van der Waals surface area contributed by atoms with E-state index in [1.54, 1.807) is 0 Å². The number of hydrogen-bond donors (Lipinski definition) is 0. The predicted octanol–water partition coefficient (Wildman–Crippen LogP) is 16.3. The fraction of sp³-hybridized carbons (Fsp3) is 0. The van der Waals surface area contributed by atoms with Gasteiger partial charge in [0.15, 0.2) is 0 Å². The Balaban J connectivity index is 1.09. The summed E-state index contributed by atoms with van der Waals surface area (Å²) in [6.07, 6.45) is 0. The van der Waals surface area contributed by atoms with E-state index in [9.17, 15) is 0 Å². The topological polar surface area (TPSA) is 19.7 Å². The number of hydrogen-bond acceptors (Lipinski definition) is 0. The van der Waals surface area contributed by atoms with Gasteiger partial charge in [0.2, 0.25) is 0 Å². The van der Waals surface area contributed by atoms with E-state index in [1.807, 2.05) is 0 Å². The van der Waals surface area contributed by atoms with Gasteiger partial charge < -0.3 is 18.3 Å². The SMILES string of the molecule is c1ccc(-c2c(-c3cc(-n4c5ccccc5c5ccccc54)cc(-n4c5ccccc5c5ccccc54)c3)n(-c3ccc(-n4c5ccccc5c5ccccc54)cc3)c3ccccc23)cc1. The summed E-state index contributed by atoms with van der Waals surface area (Å²) in [5, 5.41) is 8.65. The van der Waals surface area contributed by atoms with Crippen molar-refractivity contribution in [2.24, 2.45) is 0 Å². The van der Waals surface area contributed by atoms with Crippen molar-refractivity contribution in [1.29, 1.82) is 0 Å². The van der Waals surface area contributed by atoms with E-state index >= 15 is 0 Å². The minimum absolute atomic E-state index is 1.09. The van der Waals surface area contributed by atoms with Crippen molar-refractivity contribution in [3.8, 4) is 45.1 Å². The molecular weight excluding hydrogens is 801 g/mol. The summed E-state index contributed by atoms with van der Waals surface area (Å²) in [6, 6.07) is 88.9. The van der Waals surface area contributed by atoms with Crippen molar-refractivity contribution < 1.29 is 0 Å². The second-order valence-corrected chi connectivity index (χ2v) is 17.3. The molecule has 4 aromatic heterocycles. The van der Waals surface area contributed by atoms with Gasteiger partial charge in [-0.2, -0.15) is 0 Å². The highest BCUT2D eigenvalue weighted by Crippen LogP contribution is 2.46. The molecule has 0 fully saturated rings. The lowest BCUT2D eigenvalue weighted by Crippen LogP contribution is -2.03. The molecule has 0 bridgehead atoms. The number of aromatic nitrogens is 4. The molecule has 0 radical (unpaired) electrons. The molecular formula is C62H40N4. The smallest absolute Gasteiger partial charge is 0.0621 e. The Bertz CT molecular complexity index is 3920. The van der Waals surface area contributed by atoms with Gasteiger partial charge in [-0.1, -0.05) is 158 Å². The fourth-order valence-electron chi connectivity index (χ4n) is 11.0. The molecule has 0 aliphatic heterocycles. The highest BCUT2D eigenvalue weighted by molar-refractivity contribution is 6.12. The molecule has 4 heterocycles. The largest absolute Gasteiger partial charge is 0.309 e. The summed E-state index contributed by atoms with van der Waals surface area (Å²) in [5.41, 5.74) is 17.3. The van der Waals surface area contributed by atoms with Crippen LogP contribution in [0.15, 0.2) is 243 Å². The van der Waals surface area contributed by atoms with Gasteiger partial charge in [0, 0.05) is 71.6 Å². The molecule has 14 rings (SSSR count). The van der Waals surface area contributed by atoms with E-state index in [0.29, 0.717) is 0 Å². The zero-order chi connectivity index (χ0) is 43.3. The molecule has 0 atom stereocenters. The molecule has 0 aliphatic carbocycles. The van der Waals surface area contributed by atoms with Crippen molar-refractivity contribution in [3.05, 3.63) is 243 Å². The normalized spacial score (nSPS) is 11.9. The van der Waals surface area contributed by atoms with Crippen LogP contribution in [0.4, 0.5) is 0 Å². The van der Waals surface area contributed by atoms with Crippen LogP contribution in [0.5, 0.6) is 0 Å². The monoisotopic (exact) mass is 840 g/mol. The first-order valence-electron chi connectivity index (χ1n) is 22.7. The third-order valence-electron chi connectivity index (χ3n) is 13.7. The summed E-state index contributed by atoms with van der Waals surface area (Å²) in [5.74, 6) is 0. The summed E-state index contributed by atoms with van der Waals surface area (Å²) < 4.78 is 9.81. The Morgan fingerprint density at radius 3 is 0.864 bits per heavy atom. The van der Waals surface area contributed by atoms with Gasteiger partial charge in [0.1, 0.15) is 0 Å². The predicted molar refractivity (Wildman–Crippen MR) is 277 cm³/mol. The van der Waals surface area contributed by atoms with Crippen LogP contribution in [0.25, 0.3) is 121 Å². The summed E-state index contributed by atoms with van der Waals surface area (Å²) in [6.45, 7) is 0. The van der Waals surface area contributed by atoms with Crippen LogP contribution < -0.4 is 0 Å². The number of fused-ring (bicyclic) bond motifs is 10. The third-order valence-corrected chi connectivity index (χ3v) is 13.7. The lowest BCUT2D eigenvalue weighted by Gasteiger charge is -2.19. The zero-order valence-corrected chi connectivity index (χ0v) is 35.9. The van der Waals surface area contributed by atoms with Crippen molar-refractivity contribution in [3.63, 3.8) is 0 Å². The Labute approximate surface area is 380 Å². The third kappa shape index (κ3) is 5.33. The van der Waals surface area contributed by atoms with Crippen molar-refractivity contribution in [1.82, 2.24) is 18.3 Å². The number of rotatable bonds is 6. The molecule has 0 saturated carbocycles. The fourth-order valence-corrected chi connectivity index (χ4v) is 11.0. The molecule has 14 aromatic rings. The number of nitrogens with zero attached hydrogens (tertiary/aromatic N) is 4. The average Bonchev–Trinajstić information content (AvgIpc) is 4.12. The van der Waals surface area contributed by atoms with Gasteiger partial charge in [-0.3, -0.25) is 0 Å². The van der Waals surface area contributed by atoms with Crippen LogP contribution in [-0.4, -0.2) is 18.3 Å². The van der Waals surface area contributed by atoms with Crippen molar-refractivity contribution in [2.45, 2.75) is 0 Å². The molecule has 0 amide bonds. The average molecular weight is 841 g/mol. The van der Waals surface area contributed by atoms with E-state index in [1.165, 1.54) is 81.9 Å². The maximum absolute atomic E-state index is 2.49. The van der Waals surface area contributed by atoms with Gasteiger partial charge in [0.25, 0.3) is 0 Å². The second-order valence-electron chi connectivity index (χ2n) is 17.3. The van der Waals surface area contributed by atoms with Gasteiger partial charge >= 0.3 is 0 Å². The van der Waals surface area contributed by atoms with Crippen LogP contribution in [0.3, 0.4) is 0 Å². The van der Waals surface area contributed by atoms with Gasteiger partial charge in [-0.15, -0.1) is 0 Å². The molecule has 66 heavy (non-hydrogen) atoms. The van der Waals surface area contributed by atoms with Crippen LogP contribution in [0.1, 0.15) is 0 Å². The molecule has 0 saturated heterocycles. The molecule has 4 heteroatoms. The molecule has 308 valence electrons.